The first-order chi connectivity index (χ1) is 15.5. The van der Waals surface area contributed by atoms with Gasteiger partial charge in [-0.25, -0.2) is 0 Å². The Morgan fingerprint density at radius 2 is 2.03 bits per heavy atom. The molecule has 1 aromatic heterocycles. The number of hydrogen-bond acceptors (Lipinski definition) is 7. The summed E-state index contributed by atoms with van der Waals surface area (Å²) in [6, 6.07) is 14.8. The number of nitriles is 1. The second kappa shape index (κ2) is 11.3. The van der Waals surface area contributed by atoms with E-state index in [0.717, 1.165) is 12.8 Å². The molecule has 32 heavy (non-hydrogen) atoms. The number of anilines is 1. The van der Waals surface area contributed by atoms with Gasteiger partial charge in [-0.3, -0.25) is 9.59 Å². The number of rotatable bonds is 9. The fraction of sp³-hybridized carbons (Fsp3) is 0.292. The Morgan fingerprint density at radius 3 is 2.69 bits per heavy atom. The van der Waals surface area contributed by atoms with Gasteiger partial charge in [-0.05, 0) is 37.6 Å². The van der Waals surface area contributed by atoms with E-state index >= 15 is 0 Å². The van der Waals surface area contributed by atoms with Gasteiger partial charge in [0.25, 0.3) is 5.91 Å². The number of furan rings is 1. The molecule has 1 aliphatic heterocycles. The lowest BCUT2D eigenvalue weighted by Crippen LogP contribution is -2.30. The summed E-state index contributed by atoms with van der Waals surface area (Å²) in [4.78, 5) is 25.3. The Bertz CT molecular complexity index is 1050. The maximum atomic E-state index is 13.2. The molecule has 1 aromatic carbocycles. The Kier molecular flexibility index (Phi) is 8.17. The van der Waals surface area contributed by atoms with Crippen LogP contribution in [-0.4, -0.2) is 24.2 Å². The van der Waals surface area contributed by atoms with E-state index in [9.17, 15) is 14.9 Å². The van der Waals surface area contributed by atoms with Crippen LogP contribution in [0.1, 0.15) is 38.4 Å². The lowest BCUT2D eigenvalue weighted by molar-refractivity contribution is -0.140. The van der Waals surface area contributed by atoms with E-state index in [1.54, 1.807) is 31.2 Å². The molecule has 2 heterocycles. The summed E-state index contributed by atoms with van der Waals surface area (Å²) in [6.45, 7) is 4.17. The molecule has 0 radical (unpaired) electrons. The van der Waals surface area contributed by atoms with Crippen molar-refractivity contribution in [2.75, 3.05) is 17.7 Å². The van der Waals surface area contributed by atoms with E-state index in [0.29, 0.717) is 39.9 Å². The largest absolute Gasteiger partial charge is 0.468 e. The van der Waals surface area contributed by atoms with Crippen molar-refractivity contribution < 1.29 is 18.7 Å². The topological polar surface area (TPSA) is 104 Å². The molecule has 1 amide bonds. The van der Waals surface area contributed by atoms with Crippen LogP contribution in [0.5, 0.6) is 0 Å². The Hall–Kier alpha value is -3.44. The smallest absolute Gasteiger partial charge is 0.316 e. The van der Waals surface area contributed by atoms with Crippen LogP contribution in [0.25, 0.3) is 0 Å². The van der Waals surface area contributed by atoms with Crippen molar-refractivity contribution in [2.45, 2.75) is 32.6 Å². The molecule has 3 rings (SSSR count). The highest BCUT2D eigenvalue weighted by Gasteiger charge is 2.36. The summed E-state index contributed by atoms with van der Waals surface area (Å²) in [6.07, 6.45) is 3.25. The number of dihydropyridines is 1. The minimum atomic E-state index is -0.696. The zero-order valence-electron chi connectivity index (χ0n) is 18.0. The SMILES string of the molecule is CCCCOC(=O)CSC1=C(C#N)[C@@H](c2ccco2)C(C(=O)Nc2ccccc2)=C(C)N1. The van der Waals surface area contributed by atoms with E-state index < -0.39 is 5.92 Å². The van der Waals surface area contributed by atoms with E-state index in [1.807, 2.05) is 25.1 Å². The zero-order chi connectivity index (χ0) is 22.9. The average molecular weight is 452 g/mol. The fourth-order valence-electron chi connectivity index (χ4n) is 3.29. The standard InChI is InChI=1S/C24H25N3O4S/c1-3-4-12-31-20(28)15-32-24-18(14-25)22(19-11-8-13-30-19)21(16(2)26-24)23(29)27-17-9-6-5-7-10-17/h5-11,13,22,26H,3-4,12,15H2,1-2H3,(H,27,29)/t22-/m0/s1. The minimum Gasteiger partial charge on any atom is -0.468 e. The molecular formula is C24H25N3O4S. The van der Waals surface area contributed by atoms with Gasteiger partial charge in [-0.15, -0.1) is 0 Å². The van der Waals surface area contributed by atoms with Crippen LogP contribution < -0.4 is 10.6 Å². The molecule has 0 saturated heterocycles. The Labute approximate surface area is 191 Å². The summed E-state index contributed by atoms with van der Waals surface area (Å²) < 4.78 is 10.8. The van der Waals surface area contributed by atoms with Gasteiger partial charge in [-0.1, -0.05) is 43.3 Å². The lowest BCUT2D eigenvalue weighted by Gasteiger charge is -2.28. The van der Waals surface area contributed by atoms with Crippen LogP contribution in [-0.2, 0) is 14.3 Å². The number of thioether (sulfide) groups is 1. The number of nitrogens with zero attached hydrogens (tertiary/aromatic N) is 1. The van der Waals surface area contributed by atoms with Gasteiger partial charge in [0.1, 0.15) is 5.76 Å². The normalized spacial score (nSPS) is 15.7. The number of carbonyl (C=O) groups excluding carboxylic acids is 2. The molecule has 166 valence electrons. The molecule has 2 N–H and O–H groups in total. The summed E-state index contributed by atoms with van der Waals surface area (Å²) in [5.41, 5.74) is 1.93. The number of esters is 1. The summed E-state index contributed by atoms with van der Waals surface area (Å²) in [7, 11) is 0. The molecule has 1 atom stereocenters. The van der Waals surface area contributed by atoms with Crippen LogP contribution in [0, 0.1) is 11.3 Å². The molecule has 0 saturated carbocycles. The summed E-state index contributed by atoms with van der Waals surface area (Å²) in [5.74, 6) is -0.846. The first-order valence-corrected chi connectivity index (χ1v) is 11.3. The highest BCUT2D eigenvalue weighted by molar-refractivity contribution is 8.03. The summed E-state index contributed by atoms with van der Waals surface area (Å²) in [5, 5.41) is 16.5. The molecule has 0 bridgehead atoms. The maximum Gasteiger partial charge on any atom is 0.316 e. The lowest BCUT2D eigenvalue weighted by atomic mass is 9.85. The second-order valence-electron chi connectivity index (χ2n) is 7.15. The molecular weight excluding hydrogens is 426 g/mol. The van der Waals surface area contributed by atoms with E-state index in [1.165, 1.54) is 18.0 Å². The predicted octanol–water partition coefficient (Wildman–Crippen LogP) is 4.69. The third-order valence-electron chi connectivity index (χ3n) is 4.85. The molecule has 0 unspecified atom stereocenters. The first kappa shape index (κ1) is 23.2. The van der Waals surface area contributed by atoms with Crippen molar-refractivity contribution in [3.8, 4) is 6.07 Å². The van der Waals surface area contributed by atoms with Gasteiger partial charge < -0.3 is 19.8 Å². The van der Waals surface area contributed by atoms with Gasteiger partial charge in [0.15, 0.2) is 0 Å². The average Bonchev–Trinajstić information content (AvgIpc) is 3.32. The number of amides is 1. The third-order valence-corrected chi connectivity index (χ3v) is 5.84. The van der Waals surface area contributed by atoms with Crippen LogP contribution in [0.2, 0.25) is 0 Å². The summed E-state index contributed by atoms with van der Waals surface area (Å²) >= 11 is 1.18. The van der Waals surface area contributed by atoms with Crippen molar-refractivity contribution >= 4 is 29.3 Å². The van der Waals surface area contributed by atoms with Gasteiger partial charge in [-0.2, -0.15) is 5.26 Å². The minimum absolute atomic E-state index is 0.0565. The number of nitrogens with one attached hydrogen (secondary N) is 2. The second-order valence-corrected chi connectivity index (χ2v) is 8.14. The van der Waals surface area contributed by atoms with Crippen molar-refractivity contribution in [1.29, 1.82) is 5.26 Å². The van der Waals surface area contributed by atoms with E-state index in [-0.39, 0.29) is 17.6 Å². The van der Waals surface area contributed by atoms with E-state index in [4.69, 9.17) is 9.15 Å². The number of ether oxygens (including phenoxy) is 1. The maximum absolute atomic E-state index is 13.2. The number of hydrogen-bond donors (Lipinski definition) is 2. The monoisotopic (exact) mass is 451 g/mol. The quantitative estimate of drug-likeness (QED) is 0.421. The fourth-order valence-corrected chi connectivity index (χ4v) is 4.18. The number of benzene rings is 1. The van der Waals surface area contributed by atoms with Crippen LogP contribution >= 0.6 is 11.8 Å². The molecule has 7 nitrogen and oxygen atoms in total. The zero-order valence-corrected chi connectivity index (χ0v) is 18.8. The number of carbonyl (C=O) groups is 2. The number of para-hydroxylation sites is 1. The van der Waals surface area contributed by atoms with Crippen LogP contribution in [0.15, 0.2) is 75.0 Å². The third kappa shape index (κ3) is 5.62. The van der Waals surface area contributed by atoms with Gasteiger partial charge in [0.05, 0.1) is 46.8 Å². The highest BCUT2D eigenvalue weighted by atomic mass is 32.2. The molecule has 0 fully saturated rings. The van der Waals surface area contributed by atoms with Crippen LogP contribution in [0.4, 0.5) is 5.69 Å². The number of unbranched alkanes of at least 4 members (excludes halogenated alkanes) is 1. The van der Waals surface area contributed by atoms with Crippen LogP contribution in [0.3, 0.4) is 0 Å². The first-order valence-electron chi connectivity index (χ1n) is 10.3. The van der Waals surface area contributed by atoms with Crippen molar-refractivity contribution in [3.63, 3.8) is 0 Å². The van der Waals surface area contributed by atoms with Gasteiger partial charge in [0, 0.05) is 11.4 Å². The predicted molar refractivity (Wildman–Crippen MR) is 123 cm³/mol. The van der Waals surface area contributed by atoms with Crippen molar-refractivity contribution in [3.05, 3.63) is 76.4 Å². The Morgan fingerprint density at radius 1 is 1.25 bits per heavy atom. The molecule has 8 heteroatoms. The molecule has 2 aromatic rings. The molecule has 1 aliphatic rings. The van der Waals surface area contributed by atoms with Gasteiger partial charge >= 0.3 is 5.97 Å². The van der Waals surface area contributed by atoms with Crippen molar-refractivity contribution in [1.82, 2.24) is 5.32 Å². The molecule has 0 aliphatic carbocycles. The van der Waals surface area contributed by atoms with Gasteiger partial charge in [0.2, 0.25) is 0 Å². The van der Waals surface area contributed by atoms with Crippen molar-refractivity contribution in [2.24, 2.45) is 0 Å². The Balaban J connectivity index is 1.86. The number of allylic oxidation sites excluding steroid dienone is 2. The molecule has 0 spiro atoms. The van der Waals surface area contributed by atoms with E-state index in [2.05, 4.69) is 16.7 Å². The highest BCUT2D eigenvalue weighted by Crippen LogP contribution is 2.41.